The number of nitrogens with two attached hydrogens (primary N) is 1. The number of ether oxygens (including phenoxy) is 3. The molecule has 1 saturated heterocycles. The van der Waals surface area contributed by atoms with Crippen molar-refractivity contribution in [2.24, 2.45) is 0 Å². The summed E-state index contributed by atoms with van der Waals surface area (Å²) < 4.78 is 18.3. The number of hydrogen-bond acceptors (Lipinski definition) is 9. The minimum Gasteiger partial charge on any atom is -0.463 e. The van der Waals surface area contributed by atoms with Crippen molar-refractivity contribution in [3.63, 3.8) is 0 Å². The number of carbonyl (C=O) groups is 2. The van der Waals surface area contributed by atoms with E-state index >= 15 is 0 Å². The SMILES string of the molecule is CCCCCCCCCCCCCCCC(=O)OCC1OC(n2ccc(N)nc2=O)C(O)C1OC(=O)CCCCCCCCCCCCCCC. The molecule has 0 bridgehead atoms. The van der Waals surface area contributed by atoms with E-state index in [9.17, 15) is 19.5 Å². The molecule has 1 aliphatic rings. The number of anilines is 1. The van der Waals surface area contributed by atoms with E-state index < -0.39 is 36.2 Å². The zero-order valence-corrected chi connectivity index (χ0v) is 32.3. The molecule has 2 heterocycles. The molecule has 0 spiro atoms. The maximum Gasteiger partial charge on any atom is 0.351 e. The van der Waals surface area contributed by atoms with Crippen molar-refractivity contribution >= 4 is 17.8 Å². The molecular weight excluding hydrogens is 646 g/mol. The van der Waals surface area contributed by atoms with Crippen molar-refractivity contribution in [3.8, 4) is 0 Å². The highest BCUT2D eigenvalue weighted by molar-refractivity contribution is 5.70. The number of aliphatic hydroxyl groups is 1. The molecule has 3 N–H and O–H groups in total. The number of esters is 2. The van der Waals surface area contributed by atoms with Gasteiger partial charge in [0, 0.05) is 19.0 Å². The Hall–Kier alpha value is -2.46. The summed E-state index contributed by atoms with van der Waals surface area (Å²) in [4.78, 5) is 41.7. The van der Waals surface area contributed by atoms with E-state index in [0.717, 1.165) is 36.7 Å². The third-order valence-corrected chi connectivity index (χ3v) is 10.1. The number of aliphatic hydroxyl groups excluding tert-OH is 1. The summed E-state index contributed by atoms with van der Waals surface area (Å²) in [6, 6.07) is 1.43. The fourth-order valence-electron chi connectivity index (χ4n) is 6.88. The normalized spacial score (nSPS) is 18.6. The van der Waals surface area contributed by atoms with E-state index in [4.69, 9.17) is 19.9 Å². The molecule has 1 fully saturated rings. The van der Waals surface area contributed by atoms with Gasteiger partial charge in [0.1, 0.15) is 24.6 Å². The van der Waals surface area contributed by atoms with Gasteiger partial charge in [-0.1, -0.05) is 168 Å². The Morgan fingerprint density at radius 3 is 1.55 bits per heavy atom. The van der Waals surface area contributed by atoms with Crippen molar-refractivity contribution in [2.75, 3.05) is 12.3 Å². The van der Waals surface area contributed by atoms with Gasteiger partial charge >= 0.3 is 17.6 Å². The van der Waals surface area contributed by atoms with Crippen molar-refractivity contribution in [1.29, 1.82) is 0 Å². The predicted octanol–water partition coefficient (Wildman–Crippen LogP) is 9.50. The summed E-state index contributed by atoms with van der Waals surface area (Å²) in [6.07, 6.45) is 29.0. The number of nitrogens with zero attached hydrogens (tertiary/aromatic N) is 2. The van der Waals surface area contributed by atoms with E-state index in [1.54, 1.807) is 0 Å². The molecule has 1 aromatic rings. The predicted molar refractivity (Wildman–Crippen MR) is 204 cm³/mol. The maximum absolute atomic E-state index is 12.8. The summed E-state index contributed by atoms with van der Waals surface area (Å²) in [5, 5.41) is 11.1. The molecule has 1 aliphatic heterocycles. The lowest BCUT2D eigenvalue weighted by Crippen LogP contribution is -2.39. The highest BCUT2D eigenvalue weighted by Gasteiger charge is 2.48. The minimum atomic E-state index is -1.35. The van der Waals surface area contributed by atoms with Gasteiger partial charge in [-0.05, 0) is 18.9 Å². The second kappa shape index (κ2) is 29.0. The van der Waals surface area contributed by atoms with Crippen LogP contribution in [-0.4, -0.2) is 51.5 Å². The number of nitrogen functional groups attached to an aromatic ring is 1. The van der Waals surface area contributed by atoms with Crippen molar-refractivity contribution < 1.29 is 28.9 Å². The van der Waals surface area contributed by atoms with Crippen LogP contribution >= 0.6 is 0 Å². The third kappa shape index (κ3) is 20.4. The topological polar surface area (TPSA) is 143 Å². The summed E-state index contributed by atoms with van der Waals surface area (Å²) >= 11 is 0. The first kappa shape index (κ1) is 44.7. The van der Waals surface area contributed by atoms with Gasteiger partial charge in [0.05, 0.1) is 0 Å². The van der Waals surface area contributed by atoms with Crippen molar-refractivity contribution in [2.45, 2.75) is 218 Å². The number of aromatic nitrogens is 2. The van der Waals surface area contributed by atoms with Gasteiger partial charge in [-0.2, -0.15) is 4.98 Å². The number of carbonyl (C=O) groups excluding carboxylic acids is 2. The number of rotatable bonds is 32. The van der Waals surface area contributed by atoms with Crippen LogP contribution in [0.5, 0.6) is 0 Å². The molecule has 0 radical (unpaired) electrons. The molecule has 0 saturated carbocycles. The second-order valence-corrected chi connectivity index (χ2v) is 14.7. The molecule has 1 aromatic heterocycles. The molecular formula is C41H73N3O7. The number of hydrogen-bond donors (Lipinski definition) is 2. The molecule has 10 nitrogen and oxygen atoms in total. The lowest BCUT2D eigenvalue weighted by Gasteiger charge is -2.21. The van der Waals surface area contributed by atoms with Crippen molar-refractivity contribution in [1.82, 2.24) is 9.55 Å². The Morgan fingerprint density at radius 2 is 1.12 bits per heavy atom. The lowest BCUT2D eigenvalue weighted by atomic mass is 10.0. The smallest absolute Gasteiger partial charge is 0.351 e. The monoisotopic (exact) mass is 720 g/mol. The van der Waals surface area contributed by atoms with E-state index in [1.807, 2.05) is 0 Å². The average molecular weight is 720 g/mol. The van der Waals surface area contributed by atoms with Gasteiger partial charge in [-0.3, -0.25) is 14.2 Å². The van der Waals surface area contributed by atoms with Crippen LogP contribution in [0, 0.1) is 0 Å². The van der Waals surface area contributed by atoms with Crippen LogP contribution in [0.1, 0.15) is 200 Å². The number of unbranched alkanes of at least 4 members (excludes halogenated alkanes) is 24. The van der Waals surface area contributed by atoms with Crippen LogP contribution in [0.4, 0.5) is 5.82 Å². The van der Waals surface area contributed by atoms with E-state index in [-0.39, 0.29) is 24.8 Å². The van der Waals surface area contributed by atoms with Crippen LogP contribution in [0.2, 0.25) is 0 Å². The highest BCUT2D eigenvalue weighted by Crippen LogP contribution is 2.31. The van der Waals surface area contributed by atoms with E-state index in [2.05, 4.69) is 18.8 Å². The Morgan fingerprint density at radius 1 is 0.706 bits per heavy atom. The molecule has 294 valence electrons. The van der Waals surface area contributed by atoms with Gasteiger partial charge in [-0.15, -0.1) is 0 Å². The van der Waals surface area contributed by atoms with Gasteiger partial charge in [0.25, 0.3) is 0 Å². The van der Waals surface area contributed by atoms with Crippen LogP contribution in [0.3, 0.4) is 0 Å². The summed E-state index contributed by atoms with van der Waals surface area (Å²) in [7, 11) is 0. The molecule has 4 atom stereocenters. The fourth-order valence-corrected chi connectivity index (χ4v) is 6.88. The first-order chi connectivity index (χ1) is 24.9. The molecule has 0 aromatic carbocycles. The molecule has 0 aliphatic carbocycles. The van der Waals surface area contributed by atoms with Crippen LogP contribution < -0.4 is 11.4 Å². The van der Waals surface area contributed by atoms with E-state index in [1.165, 1.54) is 141 Å². The molecule has 4 unspecified atom stereocenters. The second-order valence-electron chi connectivity index (χ2n) is 14.7. The summed E-state index contributed by atoms with van der Waals surface area (Å²) in [5.74, 6) is -0.761. The van der Waals surface area contributed by atoms with Crippen LogP contribution in [-0.2, 0) is 23.8 Å². The molecule has 0 amide bonds. The van der Waals surface area contributed by atoms with Crippen LogP contribution in [0.25, 0.3) is 0 Å². The molecule has 10 heteroatoms. The minimum absolute atomic E-state index is 0.0446. The third-order valence-electron chi connectivity index (χ3n) is 10.1. The van der Waals surface area contributed by atoms with E-state index in [0.29, 0.717) is 12.8 Å². The Bertz CT molecular complexity index is 1100. The first-order valence-electron chi connectivity index (χ1n) is 20.9. The zero-order chi connectivity index (χ0) is 36.9. The quantitative estimate of drug-likeness (QED) is 0.0550. The van der Waals surface area contributed by atoms with Gasteiger partial charge in [0.15, 0.2) is 12.3 Å². The average Bonchev–Trinajstić information content (AvgIpc) is 3.41. The van der Waals surface area contributed by atoms with Crippen molar-refractivity contribution in [3.05, 3.63) is 22.7 Å². The Labute approximate surface area is 309 Å². The Balaban J connectivity index is 1.69. The standard InChI is InChI=1S/C41H73N3O7/c1-3-5-7-9-11-13-15-17-19-21-23-25-27-29-36(45)49-33-34-39(38(47)40(50-34)44-32-31-35(42)43-41(44)48)51-37(46)30-28-26-24-22-20-18-16-14-12-10-8-6-4-2/h31-32,34,38-40,47H,3-30,33H2,1-2H3,(H2,42,43,48). The van der Waals surface area contributed by atoms with Crippen LogP contribution in [0.15, 0.2) is 17.1 Å². The fraction of sp³-hybridized carbons (Fsp3) is 0.854. The van der Waals surface area contributed by atoms with Gasteiger partial charge in [-0.25, -0.2) is 4.79 Å². The van der Waals surface area contributed by atoms with Gasteiger partial charge < -0.3 is 25.1 Å². The maximum atomic E-state index is 12.8. The summed E-state index contributed by atoms with van der Waals surface area (Å²) in [6.45, 7) is 4.30. The molecule has 2 rings (SSSR count). The largest absolute Gasteiger partial charge is 0.463 e. The first-order valence-corrected chi connectivity index (χ1v) is 20.9. The summed E-state index contributed by atoms with van der Waals surface area (Å²) in [5.41, 5.74) is 4.94. The van der Waals surface area contributed by atoms with Gasteiger partial charge in [0.2, 0.25) is 0 Å². The lowest BCUT2D eigenvalue weighted by molar-refractivity contribution is -0.160. The molecule has 51 heavy (non-hydrogen) atoms. The zero-order valence-electron chi connectivity index (χ0n) is 32.3. The highest BCUT2D eigenvalue weighted by atomic mass is 16.6. The Kier molecular flexibility index (Phi) is 25.5.